The first kappa shape index (κ1) is 21.3. The second kappa shape index (κ2) is 8.54. The van der Waals surface area contributed by atoms with Crippen molar-refractivity contribution >= 4 is 21.8 Å². The third-order valence-corrected chi connectivity index (χ3v) is 6.48. The Labute approximate surface area is 174 Å². The van der Waals surface area contributed by atoms with Crippen LogP contribution in [0.15, 0.2) is 51.8 Å². The second-order valence-corrected chi connectivity index (χ2v) is 9.09. The van der Waals surface area contributed by atoms with Crippen molar-refractivity contribution in [2.45, 2.75) is 24.0 Å². The molecule has 0 saturated carbocycles. The molecule has 3 aromatic rings. The Morgan fingerprint density at radius 2 is 1.60 bits per heavy atom. The van der Waals surface area contributed by atoms with Gasteiger partial charge in [0, 0.05) is 17.2 Å². The van der Waals surface area contributed by atoms with E-state index in [9.17, 15) is 13.2 Å². The van der Waals surface area contributed by atoms with Gasteiger partial charge in [0.05, 0.1) is 24.4 Å². The number of amides is 1. The summed E-state index contributed by atoms with van der Waals surface area (Å²) >= 11 is 0. The molecule has 0 spiro atoms. The first-order chi connectivity index (χ1) is 14.2. The molecular formula is C20H21N3O6S. The zero-order valence-corrected chi connectivity index (χ0v) is 17.7. The lowest BCUT2D eigenvalue weighted by atomic mass is 10.2. The van der Waals surface area contributed by atoms with Crippen LogP contribution in [-0.2, 0) is 9.84 Å². The molecule has 0 radical (unpaired) electrons. The molecule has 9 nitrogen and oxygen atoms in total. The van der Waals surface area contributed by atoms with Gasteiger partial charge in [0.2, 0.25) is 5.89 Å². The van der Waals surface area contributed by atoms with Crippen LogP contribution in [-0.4, -0.2) is 44.0 Å². The van der Waals surface area contributed by atoms with Crippen molar-refractivity contribution in [2.24, 2.45) is 0 Å². The number of benzene rings is 2. The first-order valence-corrected chi connectivity index (χ1v) is 10.5. The second-order valence-electron chi connectivity index (χ2n) is 6.59. The largest absolute Gasteiger partial charge is 0.497 e. The first-order valence-electron chi connectivity index (χ1n) is 8.97. The van der Waals surface area contributed by atoms with E-state index in [4.69, 9.17) is 13.9 Å². The number of rotatable bonds is 7. The fourth-order valence-corrected chi connectivity index (χ4v) is 3.62. The number of carbonyl (C=O) groups is 1. The fourth-order valence-electron chi connectivity index (χ4n) is 2.56. The highest BCUT2D eigenvalue weighted by Crippen LogP contribution is 2.29. The Hall–Kier alpha value is -3.40. The highest BCUT2D eigenvalue weighted by Gasteiger charge is 2.20. The van der Waals surface area contributed by atoms with Gasteiger partial charge in [0.15, 0.2) is 9.84 Å². The van der Waals surface area contributed by atoms with Crippen molar-refractivity contribution in [3.05, 3.63) is 48.0 Å². The predicted molar refractivity (Wildman–Crippen MR) is 110 cm³/mol. The molecule has 10 heteroatoms. The summed E-state index contributed by atoms with van der Waals surface area (Å²) in [6.45, 7) is 3.20. The highest BCUT2D eigenvalue weighted by molar-refractivity contribution is 7.92. The molecule has 0 aliphatic carbocycles. The molecule has 0 unspecified atom stereocenters. The summed E-state index contributed by atoms with van der Waals surface area (Å²) in [5.41, 5.74) is 0.808. The van der Waals surface area contributed by atoms with E-state index in [-0.39, 0.29) is 22.4 Å². The summed E-state index contributed by atoms with van der Waals surface area (Å²) in [5.74, 6) is 0.747. The summed E-state index contributed by atoms with van der Waals surface area (Å²) in [7, 11) is -0.363. The fraction of sp³-hybridized carbons (Fsp3) is 0.250. The lowest BCUT2D eigenvalue weighted by Crippen LogP contribution is -2.15. The molecule has 3 rings (SSSR count). The van der Waals surface area contributed by atoms with Gasteiger partial charge in [0.1, 0.15) is 11.5 Å². The summed E-state index contributed by atoms with van der Waals surface area (Å²) in [5, 5.41) is 9.69. The maximum Gasteiger partial charge on any atom is 0.322 e. The van der Waals surface area contributed by atoms with Crippen LogP contribution in [0.2, 0.25) is 0 Å². The minimum absolute atomic E-state index is 0.101. The molecule has 0 bridgehead atoms. The molecule has 30 heavy (non-hydrogen) atoms. The molecular weight excluding hydrogens is 410 g/mol. The SMILES string of the molecule is COc1cc(OC)cc(-c2nnc(NC(=O)c3ccc(S(=O)(=O)C(C)C)cc3)o2)c1. The number of ether oxygens (including phenoxy) is 2. The van der Waals surface area contributed by atoms with Gasteiger partial charge in [-0.2, -0.15) is 0 Å². The number of aromatic nitrogens is 2. The molecule has 0 fully saturated rings. The number of hydrogen-bond acceptors (Lipinski definition) is 8. The van der Waals surface area contributed by atoms with Crippen molar-refractivity contribution in [1.29, 1.82) is 0 Å². The average molecular weight is 431 g/mol. The van der Waals surface area contributed by atoms with E-state index in [0.717, 1.165) is 0 Å². The summed E-state index contributed by atoms with van der Waals surface area (Å²) in [6, 6.07) is 10.6. The van der Waals surface area contributed by atoms with Crippen LogP contribution in [0.5, 0.6) is 11.5 Å². The summed E-state index contributed by atoms with van der Waals surface area (Å²) in [4.78, 5) is 12.6. The van der Waals surface area contributed by atoms with Crippen molar-refractivity contribution in [1.82, 2.24) is 10.2 Å². The lowest BCUT2D eigenvalue weighted by Gasteiger charge is -2.08. The van der Waals surface area contributed by atoms with Gasteiger partial charge >= 0.3 is 6.01 Å². The highest BCUT2D eigenvalue weighted by atomic mass is 32.2. The van der Waals surface area contributed by atoms with Gasteiger partial charge < -0.3 is 13.9 Å². The maximum absolute atomic E-state index is 12.4. The minimum atomic E-state index is -3.41. The van der Waals surface area contributed by atoms with Gasteiger partial charge in [-0.3, -0.25) is 10.1 Å². The van der Waals surface area contributed by atoms with Crippen molar-refractivity contribution in [3.63, 3.8) is 0 Å². The number of hydrogen-bond donors (Lipinski definition) is 1. The normalized spacial score (nSPS) is 11.4. The van der Waals surface area contributed by atoms with Crippen LogP contribution in [0.25, 0.3) is 11.5 Å². The van der Waals surface area contributed by atoms with Crippen molar-refractivity contribution < 1.29 is 27.1 Å². The van der Waals surface area contributed by atoms with Crippen molar-refractivity contribution in [2.75, 3.05) is 19.5 Å². The molecule has 1 heterocycles. The van der Waals surface area contributed by atoms with Gasteiger partial charge in [-0.25, -0.2) is 8.42 Å². The number of nitrogens with one attached hydrogen (secondary N) is 1. The molecule has 1 amide bonds. The Balaban J connectivity index is 1.77. The van der Waals surface area contributed by atoms with Crippen molar-refractivity contribution in [3.8, 4) is 23.0 Å². The molecule has 158 valence electrons. The topological polar surface area (TPSA) is 121 Å². The molecule has 0 aliphatic rings. The smallest absolute Gasteiger partial charge is 0.322 e. The number of sulfone groups is 1. The Kier molecular flexibility index (Phi) is 6.06. The van der Waals surface area contributed by atoms with Gasteiger partial charge in [-0.1, -0.05) is 5.10 Å². The van der Waals surface area contributed by atoms with E-state index in [1.54, 1.807) is 32.0 Å². The number of nitrogens with zero attached hydrogens (tertiary/aromatic N) is 2. The van der Waals surface area contributed by atoms with E-state index in [1.807, 2.05) is 0 Å². The van der Waals surface area contributed by atoms with Crippen LogP contribution in [0.3, 0.4) is 0 Å². The van der Waals surface area contributed by atoms with E-state index in [1.165, 1.54) is 38.5 Å². The van der Waals surface area contributed by atoms with Crippen LogP contribution in [0, 0.1) is 0 Å². The summed E-state index contributed by atoms with van der Waals surface area (Å²) < 4.78 is 40.3. The van der Waals surface area contributed by atoms with Crippen LogP contribution >= 0.6 is 0 Å². The maximum atomic E-state index is 12.4. The lowest BCUT2D eigenvalue weighted by molar-refractivity contribution is 0.102. The van der Waals surface area contributed by atoms with Gasteiger partial charge in [-0.15, -0.1) is 5.10 Å². The molecule has 1 N–H and O–H groups in total. The predicted octanol–water partition coefficient (Wildman–Crippen LogP) is 3.19. The number of anilines is 1. The molecule has 1 aromatic heterocycles. The van der Waals surface area contributed by atoms with E-state index >= 15 is 0 Å². The molecule has 0 atom stereocenters. The van der Waals surface area contributed by atoms with E-state index in [0.29, 0.717) is 17.1 Å². The van der Waals surface area contributed by atoms with E-state index in [2.05, 4.69) is 15.5 Å². The Bertz CT molecular complexity index is 1130. The van der Waals surface area contributed by atoms with Crippen LogP contribution in [0.1, 0.15) is 24.2 Å². The van der Waals surface area contributed by atoms with Gasteiger partial charge in [0.25, 0.3) is 5.91 Å². The summed E-state index contributed by atoms with van der Waals surface area (Å²) in [6.07, 6.45) is 0. The Morgan fingerprint density at radius 1 is 1.00 bits per heavy atom. The monoisotopic (exact) mass is 431 g/mol. The molecule has 0 saturated heterocycles. The average Bonchev–Trinajstić information content (AvgIpc) is 3.21. The van der Waals surface area contributed by atoms with Gasteiger partial charge in [-0.05, 0) is 50.2 Å². The van der Waals surface area contributed by atoms with E-state index < -0.39 is 21.0 Å². The molecule has 2 aromatic carbocycles. The minimum Gasteiger partial charge on any atom is -0.497 e. The quantitative estimate of drug-likeness (QED) is 0.605. The third-order valence-electron chi connectivity index (χ3n) is 4.31. The van der Waals surface area contributed by atoms with Crippen LogP contribution in [0.4, 0.5) is 6.01 Å². The number of carbonyl (C=O) groups excluding carboxylic acids is 1. The standard InChI is InChI=1S/C20H21N3O6S/c1-12(2)30(25,26)17-7-5-13(6-8-17)18(24)21-20-23-22-19(29-20)14-9-15(27-3)11-16(10-14)28-4/h5-12H,1-4H3,(H,21,23,24). The third kappa shape index (κ3) is 4.43. The van der Waals surface area contributed by atoms with Crippen LogP contribution < -0.4 is 14.8 Å². The Morgan fingerprint density at radius 3 is 2.13 bits per heavy atom. The molecule has 0 aliphatic heterocycles. The zero-order valence-electron chi connectivity index (χ0n) is 16.9. The zero-order chi connectivity index (χ0) is 21.9. The number of methoxy groups -OCH3 is 2.